The van der Waals surface area contributed by atoms with E-state index < -0.39 is 5.60 Å². The summed E-state index contributed by atoms with van der Waals surface area (Å²) in [6.45, 7) is 2.62. The molecular weight excluding hydrogens is 130 g/mol. The van der Waals surface area contributed by atoms with E-state index in [0.29, 0.717) is 13.0 Å². The van der Waals surface area contributed by atoms with E-state index in [1.165, 1.54) is 0 Å². The molecule has 1 fully saturated rings. The second kappa shape index (κ2) is 2.49. The van der Waals surface area contributed by atoms with Crippen LogP contribution in [-0.2, 0) is 0 Å². The number of rotatable bonds is 1. The molecule has 0 amide bonds. The number of likely N-dealkylation sites (N-methyl/N-ethyl adjacent to an activating group) is 1. The maximum absolute atomic E-state index is 9.51. The van der Waals surface area contributed by atoms with Crippen LogP contribution >= 0.6 is 0 Å². The van der Waals surface area contributed by atoms with Gasteiger partial charge >= 0.3 is 0 Å². The number of hydrogen-bond donors (Lipinski definition) is 2. The third-order valence-corrected chi connectivity index (χ3v) is 2.10. The molecule has 0 spiro atoms. The zero-order valence-electron chi connectivity index (χ0n) is 6.54. The maximum atomic E-state index is 9.51. The molecule has 2 N–H and O–H groups in total. The first-order valence-corrected chi connectivity index (χ1v) is 3.59. The molecule has 2 atom stereocenters. The van der Waals surface area contributed by atoms with Crippen LogP contribution in [-0.4, -0.2) is 47.0 Å². The Hall–Kier alpha value is -0.120. The summed E-state index contributed by atoms with van der Waals surface area (Å²) >= 11 is 0. The summed E-state index contributed by atoms with van der Waals surface area (Å²) in [7, 11) is 1.92. The minimum Gasteiger partial charge on any atom is -0.395 e. The Morgan fingerprint density at radius 2 is 2.30 bits per heavy atom. The van der Waals surface area contributed by atoms with Gasteiger partial charge in [0, 0.05) is 12.6 Å². The predicted molar refractivity (Wildman–Crippen MR) is 38.7 cm³/mol. The molecule has 0 aromatic rings. The third-order valence-electron chi connectivity index (χ3n) is 2.10. The molecule has 1 aliphatic heterocycles. The Balaban J connectivity index is 2.52. The average molecular weight is 145 g/mol. The summed E-state index contributed by atoms with van der Waals surface area (Å²) in [5.74, 6) is 0. The second-order valence-electron chi connectivity index (χ2n) is 3.45. The summed E-state index contributed by atoms with van der Waals surface area (Å²) < 4.78 is 0. The molecule has 10 heavy (non-hydrogen) atoms. The van der Waals surface area contributed by atoms with E-state index in [9.17, 15) is 5.11 Å². The van der Waals surface area contributed by atoms with Crippen molar-refractivity contribution in [2.24, 2.45) is 0 Å². The van der Waals surface area contributed by atoms with E-state index in [1.807, 2.05) is 11.9 Å². The third kappa shape index (κ3) is 1.48. The molecule has 1 saturated heterocycles. The Labute approximate surface area is 61.3 Å². The highest BCUT2D eigenvalue weighted by Crippen LogP contribution is 2.24. The number of aliphatic hydroxyl groups is 2. The van der Waals surface area contributed by atoms with Crippen molar-refractivity contribution in [2.45, 2.75) is 25.0 Å². The molecule has 2 unspecified atom stereocenters. The van der Waals surface area contributed by atoms with Gasteiger partial charge in [0.1, 0.15) is 0 Å². The number of aliphatic hydroxyl groups excluding tert-OH is 1. The van der Waals surface area contributed by atoms with E-state index in [-0.39, 0.29) is 12.6 Å². The van der Waals surface area contributed by atoms with Crippen LogP contribution in [0.2, 0.25) is 0 Å². The first kappa shape index (κ1) is 7.98. The van der Waals surface area contributed by atoms with Crippen molar-refractivity contribution in [3.8, 4) is 0 Å². The molecule has 1 aliphatic rings. The van der Waals surface area contributed by atoms with E-state index >= 15 is 0 Å². The summed E-state index contributed by atoms with van der Waals surface area (Å²) in [5, 5.41) is 18.3. The van der Waals surface area contributed by atoms with E-state index in [1.54, 1.807) is 6.92 Å². The van der Waals surface area contributed by atoms with Crippen LogP contribution in [0.15, 0.2) is 0 Å². The molecule has 60 valence electrons. The molecule has 3 heteroatoms. The van der Waals surface area contributed by atoms with Crippen LogP contribution < -0.4 is 0 Å². The lowest BCUT2D eigenvalue weighted by molar-refractivity contribution is 0.0711. The summed E-state index contributed by atoms with van der Waals surface area (Å²) in [6.07, 6.45) is 0.681. The minimum atomic E-state index is -0.595. The zero-order chi connectivity index (χ0) is 7.78. The highest BCUT2D eigenvalue weighted by molar-refractivity contribution is 4.91. The van der Waals surface area contributed by atoms with Crippen molar-refractivity contribution in [3.05, 3.63) is 0 Å². The fraction of sp³-hybridized carbons (Fsp3) is 1.00. The summed E-state index contributed by atoms with van der Waals surface area (Å²) in [5.41, 5.74) is -0.595. The van der Waals surface area contributed by atoms with Gasteiger partial charge in [-0.3, -0.25) is 4.90 Å². The number of nitrogens with zero attached hydrogens (tertiary/aromatic N) is 1. The molecule has 0 aromatic carbocycles. The first-order chi connectivity index (χ1) is 4.55. The predicted octanol–water partition coefficient (Wildman–Crippen LogP) is -0.566. The van der Waals surface area contributed by atoms with Gasteiger partial charge in [0.05, 0.1) is 12.2 Å². The molecule has 0 radical (unpaired) electrons. The first-order valence-electron chi connectivity index (χ1n) is 3.59. The van der Waals surface area contributed by atoms with Gasteiger partial charge in [-0.2, -0.15) is 0 Å². The van der Waals surface area contributed by atoms with Crippen molar-refractivity contribution in [3.63, 3.8) is 0 Å². The molecule has 1 heterocycles. The van der Waals surface area contributed by atoms with Crippen LogP contribution in [0.25, 0.3) is 0 Å². The highest BCUT2D eigenvalue weighted by atomic mass is 16.3. The maximum Gasteiger partial charge on any atom is 0.0761 e. The molecule has 0 aliphatic carbocycles. The molecule has 3 nitrogen and oxygen atoms in total. The molecule has 1 rings (SSSR count). The largest absolute Gasteiger partial charge is 0.395 e. The quantitative estimate of drug-likeness (QED) is 0.519. The van der Waals surface area contributed by atoms with Crippen molar-refractivity contribution in [1.82, 2.24) is 4.90 Å². The van der Waals surface area contributed by atoms with Gasteiger partial charge in [0.25, 0.3) is 0 Å². The fourth-order valence-corrected chi connectivity index (χ4v) is 1.60. The van der Waals surface area contributed by atoms with Crippen molar-refractivity contribution < 1.29 is 10.2 Å². The van der Waals surface area contributed by atoms with Crippen molar-refractivity contribution in [2.75, 3.05) is 20.2 Å². The van der Waals surface area contributed by atoms with Gasteiger partial charge in [0.2, 0.25) is 0 Å². The van der Waals surface area contributed by atoms with E-state index in [2.05, 4.69) is 0 Å². The zero-order valence-corrected chi connectivity index (χ0v) is 6.54. The number of hydrogen-bond acceptors (Lipinski definition) is 3. The monoisotopic (exact) mass is 145 g/mol. The summed E-state index contributed by atoms with van der Waals surface area (Å²) in [6, 6.07) is 0.148. The van der Waals surface area contributed by atoms with Gasteiger partial charge < -0.3 is 10.2 Å². The normalized spacial score (nSPS) is 42.6. The molecule has 0 bridgehead atoms. The van der Waals surface area contributed by atoms with Crippen LogP contribution in [0, 0.1) is 0 Å². The van der Waals surface area contributed by atoms with Crippen LogP contribution in [0.3, 0.4) is 0 Å². The fourth-order valence-electron chi connectivity index (χ4n) is 1.60. The van der Waals surface area contributed by atoms with Gasteiger partial charge in [0.15, 0.2) is 0 Å². The topological polar surface area (TPSA) is 43.7 Å². The Morgan fingerprint density at radius 3 is 2.50 bits per heavy atom. The smallest absolute Gasteiger partial charge is 0.0761 e. The second-order valence-corrected chi connectivity index (χ2v) is 3.45. The van der Waals surface area contributed by atoms with Gasteiger partial charge in [-0.15, -0.1) is 0 Å². The molecule has 0 aromatic heterocycles. The lowest BCUT2D eigenvalue weighted by Gasteiger charge is -2.15. The Kier molecular flexibility index (Phi) is 1.99. The van der Waals surface area contributed by atoms with Crippen molar-refractivity contribution in [1.29, 1.82) is 0 Å². The number of likely N-dealkylation sites (tertiary alicyclic amines) is 1. The van der Waals surface area contributed by atoms with Crippen LogP contribution in [0.1, 0.15) is 13.3 Å². The van der Waals surface area contributed by atoms with Crippen LogP contribution in [0.5, 0.6) is 0 Å². The van der Waals surface area contributed by atoms with Gasteiger partial charge in [-0.1, -0.05) is 0 Å². The average Bonchev–Trinajstić information content (AvgIpc) is 2.05. The van der Waals surface area contributed by atoms with Crippen molar-refractivity contribution >= 4 is 0 Å². The Morgan fingerprint density at radius 1 is 1.70 bits per heavy atom. The lowest BCUT2D eigenvalue weighted by Crippen LogP contribution is -2.29. The lowest BCUT2D eigenvalue weighted by atomic mass is 10.0. The van der Waals surface area contributed by atoms with E-state index in [4.69, 9.17) is 5.11 Å². The summed E-state index contributed by atoms with van der Waals surface area (Å²) in [4.78, 5) is 1.99. The van der Waals surface area contributed by atoms with Gasteiger partial charge in [-0.05, 0) is 20.4 Å². The SMILES string of the molecule is CN1CC(C)(O)CC1CO. The van der Waals surface area contributed by atoms with E-state index in [0.717, 1.165) is 0 Å². The minimum absolute atomic E-state index is 0.145. The Bertz CT molecular complexity index is 125. The molecule has 0 saturated carbocycles. The van der Waals surface area contributed by atoms with Crippen LogP contribution in [0.4, 0.5) is 0 Å². The van der Waals surface area contributed by atoms with Gasteiger partial charge in [-0.25, -0.2) is 0 Å². The standard InChI is InChI=1S/C7H15NO2/c1-7(10)3-6(4-9)8(2)5-7/h6,9-10H,3-5H2,1-2H3. The number of β-amino-alcohol motifs (C(OH)–C–C–N with tert-alkyl or cyclic N) is 1. The molecular formula is C7H15NO2. The highest BCUT2D eigenvalue weighted by Gasteiger charge is 2.36.